The van der Waals surface area contributed by atoms with E-state index in [0.29, 0.717) is 13.1 Å². The van der Waals surface area contributed by atoms with Crippen molar-refractivity contribution in [1.29, 1.82) is 0 Å². The highest BCUT2D eigenvalue weighted by atomic mass is 19.3. The van der Waals surface area contributed by atoms with E-state index in [0.717, 1.165) is 5.56 Å². The van der Waals surface area contributed by atoms with E-state index >= 15 is 0 Å². The van der Waals surface area contributed by atoms with Crippen LogP contribution in [0.5, 0.6) is 0 Å². The van der Waals surface area contributed by atoms with Gasteiger partial charge >= 0.3 is 5.97 Å². The Balaban J connectivity index is 2.01. The molecule has 0 aliphatic carbocycles. The van der Waals surface area contributed by atoms with Crippen molar-refractivity contribution in [1.82, 2.24) is 4.90 Å². The van der Waals surface area contributed by atoms with E-state index in [9.17, 15) is 13.6 Å². The molecular formula is C13H15F2NO2. The molecule has 1 saturated heterocycles. The highest BCUT2D eigenvalue weighted by molar-refractivity contribution is 5.71. The van der Waals surface area contributed by atoms with E-state index in [4.69, 9.17) is 5.11 Å². The molecule has 3 nitrogen and oxygen atoms in total. The first-order chi connectivity index (χ1) is 8.49. The van der Waals surface area contributed by atoms with Gasteiger partial charge in [-0.15, -0.1) is 0 Å². The van der Waals surface area contributed by atoms with Crippen LogP contribution < -0.4 is 0 Å². The molecule has 2 rings (SSSR count). The predicted octanol–water partition coefficient (Wildman–Crippen LogP) is 2.23. The number of rotatable bonds is 3. The minimum atomic E-state index is -3.15. The molecule has 0 unspecified atom stereocenters. The maximum atomic E-state index is 13.6. The molecule has 1 fully saturated rings. The first-order valence-corrected chi connectivity index (χ1v) is 5.86. The third-order valence-electron chi connectivity index (χ3n) is 3.23. The number of hydrogen-bond donors (Lipinski definition) is 1. The van der Waals surface area contributed by atoms with Gasteiger partial charge < -0.3 is 5.11 Å². The maximum absolute atomic E-state index is 13.6. The fourth-order valence-electron chi connectivity index (χ4n) is 2.29. The smallest absolute Gasteiger partial charge is 0.312 e. The van der Waals surface area contributed by atoms with Crippen LogP contribution in [-0.4, -0.2) is 35.0 Å². The summed E-state index contributed by atoms with van der Waals surface area (Å²) >= 11 is 0. The summed E-state index contributed by atoms with van der Waals surface area (Å²) in [6.07, 6.45) is -0.00479. The Morgan fingerprint density at radius 2 is 2.06 bits per heavy atom. The molecule has 1 aromatic carbocycles. The molecule has 0 bridgehead atoms. The van der Waals surface area contributed by atoms with E-state index in [2.05, 4.69) is 0 Å². The quantitative estimate of drug-likeness (QED) is 0.900. The standard InChI is InChI=1S/C13H15F2NO2/c14-13(15)9-16(7-6-11(13)12(17)18)8-10-4-2-1-3-5-10/h1-5,11H,6-9H2,(H,17,18)/t11-/m1/s1. The van der Waals surface area contributed by atoms with Crippen molar-refractivity contribution in [3.05, 3.63) is 35.9 Å². The number of halogens is 2. The molecular weight excluding hydrogens is 240 g/mol. The van der Waals surface area contributed by atoms with Crippen LogP contribution in [-0.2, 0) is 11.3 Å². The Morgan fingerprint density at radius 1 is 1.39 bits per heavy atom. The number of carboxylic acid groups (broad SMARTS) is 1. The molecule has 0 saturated carbocycles. The summed E-state index contributed by atoms with van der Waals surface area (Å²) in [6.45, 7) is 0.336. The summed E-state index contributed by atoms with van der Waals surface area (Å²) in [5, 5.41) is 8.75. The summed E-state index contributed by atoms with van der Waals surface area (Å²) < 4.78 is 27.3. The van der Waals surface area contributed by atoms with Crippen molar-refractivity contribution < 1.29 is 18.7 Å². The zero-order chi connectivity index (χ0) is 13.2. The van der Waals surface area contributed by atoms with Crippen LogP contribution in [0.4, 0.5) is 8.78 Å². The predicted molar refractivity (Wildman–Crippen MR) is 62.4 cm³/mol. The van der Waals surface area contributed by atoms with Crippen molar-refractivity contribution in [3.8, 4) is 0 Å². The molecule has 1 heterocycles. The van der Waals surface area contributed by atoms with Gasteiger partial charge in [-0.05, 0) is 18.5 Å². The maximum Gasteiger partial charge on any atom is 0.312 e. The minimum Gasteiger partial charge on any atom is -0.481 e. The number of benzene rings is 1. The average molecular weight is 255 g/mol. The Bertz CT molecular complexity index is 422. The summed E-state index contributed by atoms with van der Waals surface area (Å²) in [4.78, 5) is 12.3. The Kier molecular flexibility index (Phi) is 3.61. The summed E-state index contributed by atoms with van der Waals surface area (Å²) in [5.74, 6) is -6.11. The number of carboxylic acids is 1. The Hall–Kier alpha value is -1.49. The molecule has 0 radical (unpaired) electrons. The summed E-state index contributed by atoms with van der Waals surface area (Å²) in [6, 6.07) is 9.34. The monoisotopic (exact) mass is 255 g/mol. The summed E-state index contributed by atoms with van der Waals surface area (Å²) in [7, 11) is 0. The fraction of sp³-hybridized carbons (Fsp3) is 0.462. The van der Waals surface area contributed by atoms with Gasteiger partial charge in [-0.3, -0.25) is 9.69 Å². The third-order valence-corrected chi connectivity index (χ3v) is 3.23. The van der Waals surface area contributed by atoms with Gasteiger partial charge in [0.2, 0.25) is 0 Å². The second-order valence-electron chi connectivity index (χ2n) is 4.64. The van der Waals surface area contributed by atoms with Crippen LogP contribution in [0.3, 0.4) is 0 Å². The molecule has 18 heavy (non-hydrogen) atoms. The van der Waals surface area contributed by atoms with Gasteiger partial charge in [0.05, 0.1) is 6.54 Å². The molecule has 1 aliphatic heterocycles. The molecule has 1 N–H and O–H groups in total. The van der Waals surface area contributed by atoms with Gasteiger partial charge in [-0.25, -0.2) is 8.78 Å². The van der Waals surface area contributed by atoms with Crippen molar-refractivity contribution in [3.63, 3.8) is 0 Å². The van der Waals surface area contributed by atoms with E-state index in [1.807, 2.05) is 30.3 Å². The number of likely N-dealkylation sites (tertiary alicyclic amines) is 1. The molecule has 1 atom stereocenters. The van der Waals surface area contributed by atoms with Crippen molar-refractivity contribution in [2.75, 3.05) is 13.1 Å². The zero-order valence-corrected chi connectivity index (χ0v) is 9.85. The van der Waals surface area contributed by atoms with E-state index in [1.54, 1.807) is 4.90 Å². The molecule has 1 aliphatic rings. The minimum absolute atomic E-state index is 0.00479. The molecule has 0 spiro atoms. The lowest BCUT2D eigenvalue weighted by atomic mass is 9.92. The molecule has 5 heteroatoms. The second-order valence-corrected chi connectivity index (χ2v) is 4.64. The van der Waals surface area contributed by atoms with Gasteiger partial charge in [0.15, 0.2) is 0 Å². The number of carbonyl (C=O) groups is 1. The van der Waals surface area contributed by atoms with Gasteiger partial charge in [-0.1, -0.05) is 30.3 Å². The lowest BCUT2D eigenvalue weighted by Crippen LogP contribution is -2.50. The van der Waals surface area contributed by atoms with Gasteiger partial charge in [0, 0.05) is 6.54 Å². The average Bonchev–Trinajstić information content (AvgIpc) is 2.28. The van der Waals surface area contributed by atoms with Crippen LogP contribution in [0.1, 0.15) is 12.0 Å². The largest absolute Gasteiger partial charge is 0.481 e. The lowest BCUT2D eigenvalue weighted by molar-refractivity contribution is -0.167. The van der Waals surface area contributed by atoms with Gasteiger partial charge in [-0.2, -0.15) is 0 Å². The van der Waals surface area contributed by atoms with Crippen LogP contribution >= 0.6 is 0 Å². The number of alkyl halides is 2. The lowest BCUT2D eigenvalue weighted by Gasteiger charge is -2.36. The van der Waals surface area contributed by atoms with Crippen molar-refractivity contribution >= 4 is 5.97 Å². The topological polar surface area (TPSA) is 40.5 Å². The number of aliphatic carboxylic acids is 1. The van der Waals surface area contributed by atoms with Crippen LogP contribution in [0.2, 0.25) is 0 Å². The molecule has 0 aromatic heterocycles. The van der Waals surface area contributed by atoms with Crippen molar-refractivity contribution in [2.24, 2.45) is 5.92 Å². The zero-order valence-electron chi connectivity index (χ0n) is 9.85. The van der Waals surface area contributed by atoms with Crippen LogP contribution in [0.15, 0.2) is 30.3 Å². The molecule has 1 aromatic rings. The van der Waals surface area contributed by atoms with E-state index in [1.165, 1.54) is 0 Å². The first-order valence-electron chi connectivity index (χ1n) is 5.86. The molecule has 98 valence electrons. The fourth-order valence-corrected chi connectivity index (χ4v) is 2.29. The van der Waals surface area contributed by atoms with E-state index < -0.39 is 24.4 Å². The molecule has 0 amide bonds. The van der Waals surface area contributed by atoms with Gasteiger partial charge in [0.1, 0.15) is 5.92 Å². The third kappa shape index (κ3) is 2.85. The number of nitrogens with zero attached hydrogens (tertiary/aromatic N) is 1. The van der Waals surface area contributed by atoms with Crippen LogP contribution in [0, 0.1) is 5.92 Å². The van der Waals surface area contributed by atoms with Crippen LogP contribution in [0.25, 0.3) is 0 Å². The Morgan fingerprint density at radius 3 is 2.61 bits per heavy atom. The Labute approximate surface area is 104 Å². The second kappa shape index (κ2) is 5.02. The normalized spacial score (nSPS) is 23.8. The number of piperidine rings is 1. The van der Waals surface area contributed by atoms with Crippen molar-refractivity contribution in [2.45, 2.75) is 18.9 Å². The van der Waals surface area contributed by atoms with Gasteiger partial charge in [0.25, 0.3) is 5.92 Å². The first kappa shape index (κ1) is 13.0. The number of hydrogen-bond acceptors (Lipinski definition) is 2. The van der Waals surface area contributed by atoms with E-state index in [-0.39, 0.29) is 6.42 Å². The highest BCUT2D eigenvalue weighted by Gasteiger charge is 2.48. The SMILES string of the molecule is O=C(O)[C@H]1CCN(Cc2ccccc2)CC1(F)F. The summed E-state index contributed by atoms with van der Waals surface area (Å²) in [5.41, 5.74) is 0.960. The highest BCUT2D eigenvalue weighted by Crippen LogP contribution is 2.33.